The minimum Gasteiger partial charge on any atom is -0.493 e. The smallest absolute Gasteiger partial charge is 0.330 e. The van der Waals surface area contributed by atoms with Crippen LogP contribution in [-0.2, 0) is 9.53 Å². The first-order valence-corrected chi connectivity index (χ1v) is 17.7. The third-order valence-electron chi connectivity index (χ3n) is 10.5. The van der Waals surface area contributed by atoms with Gasteiger partial charge in [0.2, 0.25) is 0 Å². The number of hydrogen-bond acceptors (Lipinski definition) is 3. The number of carbonyl (C=O) groups is 1. The molecule has 45 heavy (non-hydrogen) atoms. The number of benzene rings is 1. The van der Waals surface area contributed by atoms with Crippen LogP contribution in [0.4, 0.5) is 0 Å². The standard InChI is InChI=1S/C42H70O3/c1-32(2)40(10,11)30-42(14,41(12,13)33(3)4)35(6)23-21-19-17-15-16-18-20-22-28-44-37-26-24-36(29-34(37)5)25-27-38(43)45-31-39(7,8)9/h24-27,29,32H,3,6,15-23,28,30-31H2,1-2,4-5,7-14H3/b27-25+. The summed E-state index contributed by atoms with van der Waals surface area (Å²) in [5.74, 6) is 1.23. The van der Waals surface area contributed by atoms with Gasteiger partial charge in [-0.3, -0.25) is 0 Å². The molecular weight excluding hydrogens is 552 g/mol. The molecule has 0 aromatic heterocycles. The third-order valence-corrected chi connectivity index (χ3v) is 10.5. The molecule has 3 heteroatoms. The van der Waals surface area contributed by atoms with Crippen LogP contribution < -0.4 is 4.74 Å². The Balaban J connectivity index is 2.34. The van der Waals surface area contributed by atoms with Gasteiger partial charge in [-0.25, -0.2) is 4.79 Å². The Morgan fingerprint density at radius 2 is 1.42 bits per heavy atom. The lowest BCUT2D eigenvalue weighted by Gasteiger charge is -2.51. The van der Waals surface area contributed by atoms with Gasteiger partial charge in [0.1, 0.15) is 5.75 Å². The predicted molar refractivity (Wildman–Crippen MR) is 197 cm³/mol. The molecular formula is C42H70O3. The van der Waals surface area contributed by atoms with Crippen LogP contribution in [0.2, 0.25) is 0 Å². The zero-order valence-electron chi connectivity index (χ0n) is 31.6. The molecule has 0 saturated heterocycles. The highest BCUT2D eigenvalue weighted by Crippen LogP contribution is 2.56. The summed E-state index contributed by atoms with van der Waals surface area (Å²) in [6, 6.07) is 6.03. The molecule has 0 fully saturated rings. The minimum absolute atomic E-state index is 0.0164. The molecule has 0 N–H and O–H groups in total. The van der Waals surface area contributed by atoms with Gasteiger partial charge in [-0.05, 0) is 96.4 Å². The summed E-state index contributed by atoms with van der Waals surface area (Å²) in [6.07, 6.45) is 15.5. The molecule has 0 aliphatic rings. The van der Waals surface area contributed by atoms with Crippen LogP contribution in [0.25, 0.3) is 6.08 Å². The van der Waals surface area contributed by atoms with E-state index in [1.807, 2.05) is 45.9 Å². The highest BCUT2D eigenvalue weighted by molar-refractivity contribution is 5.87. The average Bonchev–Trinajstić information content (AvgIpc) is 2.93. The van der Waals surface area contributed by atoms with Gasteiger partial charge < -0.3 is 9.47 Å². The van der Waals surface area contributed by atoms with E-state index in [0.717, 1.165) is 42.7 Å². The molecule has 0 bridgehead atoms. The topological polar surface area (TPSA) is 35.5 Å². The lowest BCUT2D eigenvalue weighted by Crippen LogP contribution is -2.42. The average molecular weight is 623 g/mol. The lowest BCUT2D eigenvalue weighted by atomic mass is 9.53. The maximum Gasteiger partial charge on any atom is 0.330 e. The highest BCUT2D eigenvalue weighted by atomic mass is 16.5. The first-order chi connectivity index (χ1) is 20.7. The fourth-order valence-electron chi connectivity index (χ4n) is 5.77. The number of esters is 1. The third kappa shape index (κ3) is 13.9. The van der Waals surface area contributed by atoms with Crippen molar-refractivity contribution in [2.24, 2.45) is 27.6 Å². The fourth-order valence-corrected chi connectivity index (χ4v) is 5.77. The first-order valence-electron chi connectivity index (χ1n) is 17.7. The summed E-state index contributed by atoms with van der Waals surface area (Å²) in [5.41, 5.74) is 4.97. The Bertz CT molecular complexity index is 1110. The maximum atomic E-state index is 12.0. The summed E-state index contributed by atoms with van der Waals surface area (Å²) >= 11 is 0. The molecule has 0 radical (unpaired) electrons. The summed E-state index contributed by atoms with van der Waals surface area (Å²) in [5, 5.41) is 0. The molecule has 0 aliphatic carbocycles. The minimum atomic E-state index is -0.309. The van der Waals surface area contributed by atoms with Crippen molar-refractivity contribution in [2.45, 2.75) is 147 Å². The van der Waals surface area contributed by atoms with Crippen LogP contribution in [0.3, 0.4) is 0 Å². The van der Waals surface area contributed by atoms with Crippen LogP contribution >= 0.6 is 0 Å². The number of carbonyl (C=O) groups excluding carboxylic acids is 1. The summed E-state index contributed by atoms with van der Waals surface area (Å²) < 4.78 is 11.4. The van der Waals surface area contributed by atoms with E-state index in [1.165, 1.54) is 62.2 Å². The molecule has 1 rings (SSSR count). The Morgan fingerprint density at radius 3 is 1.93 bits per heavy atom. The Labute approximate surface area is 279 Å². The number of hydrogen-bond donors (Lipinski definition) is 0. The first kappa shape index (κ1) is 40.7. The van der Waals surface area contributed by atoms with Crippen molar-refractivity contribution in [2.75, 3.05) is 13.2 Å². The van der Waals surface area contributed by atoms with Gasteiger partial charge >= 0.3 is 5.97 Å². The number of ether oxygens (including phenoxy) is 2. The van der Waals surface area contributed by atoms with E-state index in [9.17, 15) is 4.79 Å². The molecule has 3 nitrogen and oxygen atoms in total. The van der Waals surface area contributed by atoms with E-state index in [1.54, 1.807) is 6.08 Å². The van der Waals surface area contributed by atoms with E-state index in [2.05, 4.69) is 68.5 Å². The second kappa shape index (κ2) is 18.2. The van der Waals surface area contributed by atoms with Gasteiger partial charge in [-0.1, -0.05) is 138 Å². The van der Waals surface area contributed by atoms with Crippen LogP contribution in [0.15, 0.2) is 48.6 Å². The molecule has 0 aliphatic heterocycles. The van der Waals surface area contributed by atoms with Crippen molar-refractivity contribution < 1.29 is 14.3 Å². The number of allylic oxidation sites excluding steroid dienone is 2. The van der Waals surface area contributed by atoms with Crippen LogP contribution in [-0.4, -0.2) is 19.2 Å². The number of rotatable bonds is 21. The molecule has 0 spiro atoms. The van der Waals surface area contributed by atoms with Gasteiger partial charge in [0, 0.05) is 6.08 Å². The monoisotopic (exact) mass is 623 g/mol. The van der Waals surface area contributed by atoms with E-state index in [4.69, 9.17) is 9.47 Å². The summed E-state index contributed by atoms with van der Waals surface area (Å²) in [6.45, 7) is 37.3. The fraction of sp³-hybridized carbons (Fsp3) is 0.690. The Morgan fingerprint density at radius 1 is 0.867 bits per heavy atom. The van der Waals surface area contributed by atoms with Crippen molar-refractivity contribution in [3.05, 3.63) is 59.7 Å². The molecule has 0 amide bonds. The molecule has 0 saturated carbocycles. The normalized spacial score (nSPS) is 14.1. The van der Waals surface area contributed by atoms with Gasteiger partial charge in [-0.2, -0.15) is 0 Å². The predicted octanol–water partition coefficient (Wildman–Crippen LogP) is 12.7. The van der Waals surface area contributed by atoms with Gasteiger partial charge in [0.25, 0.3) is 0 Å². The van der Waals surface area contributed by atoms with Crippen molar-refractivity contribution in [3.8, 4) is 5.75 Å². The second-order valence-electron chi connectivity index (χ2n) is 16.6. The molecule has 256 valence electrons. The molecule has 1 aromatic rings. The van der Waals surface area contributed by atoms with Crippen LogP contribution in [0.5, 0.6) is 5.75 Å². The van der Waals surface area contributed by atoms with Gasteiger partial charge in [-0.15, -0.1) is 0 Å². The number of unbranched alkanes of at least 4 members (excludes halogenated alkanes) is 7. The van der Waals surface area contributed by atoms with Crippen molar-refractivity contribution in [3.63, 3.8) is 0 Å². The molecule has 1 unspecified atom stereocenters. The largest absolute Gasteiger partial charge is 0.493 e. The van der Waals surface area contributed by atoms with Crippen molar-refractivity contribution >= 4 is 12.0 Å². The lowest BCUT2D eigenvalue weighted by molar-refractivity contribution is -0.140. The molecule has 1 atom stereocenters. The van der Waals surface area contributed by atoms with Gasteiger partial charge in [0.05, 0.1) is 13.2 Å². The van der Waals surface area contributed by atoms with Crippen molar-refractivity contribution in [1.29, 1.82) is 0 Å². The Kier molecular flexibility index (Phi) is 16.4. The van der Waals surface area contributed by atoms with E-state index >= 15 is 0 Å². The van der Waals surface area contributed by atoms with E-state index < -0.39 is 0 Å². The zero-order valence-corrected chi connectivity index (χ0v) is 31.6. The molecule has 0 heterocycles. The summed E-state index contributed by atoms with van der Waals surface area (Å²) in [7, 11) is 0. The second-order valence-corrected chi connectivity index (χ2v) is 16.6. The van der Waals surface area contributed by atoms with Crippen LogP contribution in [0, 0.1) is 34.5 Å². The SMILES string of the molecule is C=C(C)C(C)(C)C(C)(CC(C)(C)C(C)C)C(=C)CCCCCCCCCCOc1ccc(/C=C/C(=O)OCC(C)(C)C)cc1C. The number of aryl methyl sites for hydroxylation is 1. The van der Waals surface area contributed by atoms with E-state index in [0.29, 0.717) is 12.5 Å². The Hall–Kier alpha value is -2.29. The van der Waals surface area contributed by atoms with Crippen LogP contribution in [0.1, 0.15) is 151 Å². The zero-order chi connectivity index (χ0) is 34.5. The van der Waals surface area contributed by atoms with Gasteiger partial charge in [0.15, 0.2) is 0 Å². The maximum absolute atomic E-state index is 12.0. The summed E-state index contributed by atoms with van der Waals surface area (Å²) in [4.78, 5) is 12.0. The quantitative estimate of drug-likeness (QED) is 0.0592. The molecule has 1 aromatic carbocycles. The highest BCUT2D eigenvalue weighted by Gasteiger charge is 2.46. The van der Waals surface area contributed by atoms with Crippen molar-refractivity contribution in [1.82, 2.24) is 0 Å². The van der Waals surface area contributed by atoms with E-state index in [-0.39, 0.29) is 27.6 Å².